The fraction of sp³-hybridized carbons (Fsp3) is 0.238. The van der Waals surface area contributed by atoms with Gasteiger partial charge in [0.25, 0.3) is 5.91 Å². The number of H-pyrrole nitrogens is 1. The molecule has 29 heavy (non-hydrogen) atoms. The number of sulfonamides is 1. The molecule has 150 valence electrons. The first kappa shape index (κ1) is 19.4. The van der Waals surface area contributed by atoms with E-state index in [0.29, 0.717) is 25.1 Å². The quantitative estimate of drug-likeness (QED) is 0.691. The molecule has 0 bridgehead atoms. The van der Waals surface area contributed by atoms with Crippen molar-refractivity contribution >= 4 is 32.5 Å². The molecule has 4 rings (SSSR count). The lowest BCUT2D eigenvalue weighted by molar-refractivity contribution is 0.0963. The van der Waals surface area contributed by atoms with Crippen LogP contribution in [-0.4, -0.2) is 55.0 Å². The van der Waals surface area contributed by atoms with Crippen LogP contribution in [0.1, 0.15) is 22.5 Å². The highest BCUT2D eigenvalue weighted by molar-refractivity contribution is 7.88. The third-order valence-electron chi connectivity index (χ3n) is 5.20. The molecule has 0 unspecified atom stereocenters. The molecule has 0 fully saturated rings. The van der Waals surface area contributed by atoms with Gasteiger partial charge in [-0.05, 0) is 47.4 Å². The summed E-state index contributed by atoms with van der Waals surface area (Å²) in [7, 11) is -1.56. The fourth-order valence-electron chi connectivity index (χ4n) is 3.59. The molecular formula is C21H22N4O3S. The molecule has 2 aromatic heterocycles. The van der Waals surface area contributed by atoms with E-state index in [1.54, 1.807) is 25.4 Å². The molecule has 1 aliphatic rings. The average Bonchev–Trinajstić information content (AvgIpc) is 3.17. The summed E-state index contributed by atoms with van der Waals surface area (Å²) in [5, 5.41) is 3.61. The van der Waals surface area contributed by atoms with Gasteiger partial charge in [0, 0.05) is 43.0 Å². The molecule has 3 heterocycles. The predicted molar refractivity (Wildman–Crippen MR) is 114 cm³/mol. The molecule has 0 aliphatic carbocycles. The maximum Gasteiger partial charge on any atom is 0.251 e. The minimum Gasteiger partial charge on any atom is -0.355 e. The molecule has 2 N–H and O–H groups in total. The van der Waals surface area contributed by atoms with Gasteiger partial charge in [-0.15, -0.1) is 0 Å². The zero-order valence-corrected chi connectivity index (χ0v) is 17.1. The normalized spacial score (nSPS) is 15.3. The number of benzene rings is 1. The number of fused-ring (bicyclic) bond motifs is 1. The number of aromatic amines is 1. The van der Waals surface area contributed by atoms with Crippen LogP contribution in [0.5, 0.6) is 0 Å². The second kappa shape index (κ2) is 7.46. The van der Waals surface area contributed by atoms with Crippen LogP contribution in [0.3, 0.4) is 0 Å². The van der Waals surface area contributed by atoms with Crippen molar-refractivity contribution in [1.82, 2.24) is 19.6 Å². The first-order valence-electron chi connectivity index (χ1n) is 9.31. The topological polar surface area (TPSA) is 95.2 Å². The number of hydrogen-bond donors (Lipinski definition) is 2. The zero-order chi connectivity index (χ0) is 20.6. The van der Waals surface area contributed by atoms with Crippen LogP contribution in [0.4, 0.5) is 0 Å². The van der Waals surface area contributed by atoms with Gasteiger partial charge < -0.3 is 10.3 Å². The molecule has 7 nitrogen and oxygen atoms in total. The minimum absolute atomic E-state index is 0.118. The molecule has 0 atom stereocenters. The Bertz CT molecular complexity index is 1210. The molecule has 1 amide bonds. The molecule has 1 aromatic carbocycles. The molecule has 0 radical (unpaired) electrons. The summed E-state index contributed by atoms with van der Waals surface area (Å²) in [6.45, 7) is 0.853. The number of nitrogens with one attached hydrogen (secondary N) is 2. The van der Waals surface area contributed by atoms with Crippen molar-refractivity contribution in [2.24, 2.45) is 0 Å². The summed E-state index contributed by atoms with van der Waals surface area (Å²) in [5.74, 6) is -0.118. The van der Waals surface area contributed by atoms with Crippen molar-refractivity contribution in [2.45, 2.75) is 6.42 Å². The lowest BCUT2D eigenvalue weighted by atomic mass is 10.0. The molecule has 8 heteroatoms. The van der Waals surface area contributed by atoms with E-state index in [4.69, 9.17) is 0 Å². The lowest BCUT2D eigenvalue weighted by Crippen LogP contribution is -2.33. The second-order valence-electron chi connectivity index (χ2n) is 7.06. The molecule has 1 aliphatic heterocycles. The van der Waals surface area contributed by atoms with Crippen molar-refractivity contribution in [1.29, 1.82) is 0 Å². The summed E-state index contributed by atoms with van der Waals surface area (Å²) in [6, 6.07) is 11.5. The van der Waals surface area contributed by atoms with Gasteiger partial charge in [-0.2, -0.15) is 4.31 Å². The summed E-state index contributed by atoms with van der Waals surface area (Å²) in [4.78, 5) is 19.6. The number of pyridine rings is 1. The molecular weight excluding hydrogens is 388 g/mol. The van der Waals surface area contributed by atoms with Gasteiger partial charge in [-0.3, -0.25) is 4.79 Å². The molecule has 0 saturated carbocycles. The standard InChI is InChI=1S/C21H22N4O3S/c1-22-21(26)16-5-3-14(4-6-16)17-7-10-23-20-18(17)13-19(24-20)15-8-11-25(12-9-15)29(2,27)28/h3-8,10,13H,9,11-12H2,1-2H3,(H,22,26)(H,23,24). The van der Waals surface area contributed by atoms with E-state index in [1.165, 1.54) is 10.6 Å². The maximum absolute atomic E-state index is 11.8. The summed E-state index contributed by atoms with van der Waals surface area (Å²) in [5.41, 5.74) is 5.45. The number of hydrogen-bond acceptors (Lipinski definition) is 4. The monoisotopic (exact) mass is 410 g/mol. The minimum atomic E-state index is -3.17. The summed E-state index contributed by atoms with van der Waals surface area (Å²) in [6.07, 6.45) is 5.59. The summed E-state index contributed by atoms with van der Waals surface area (Å²) >= 11 is 0. The van der Waals surface area contributed by atoms with Crippen LogP contribution in [0.2, 0.25) is 0 Å². The number of rotatable bonds is 4. The Labute approximate surface area is 169 Å². The van der Waals surface area contributed by atoms with Crippen molar-refractivity contribution < 1.29 is 13.2 Å². The Morgan fingerprint density at radius 2 is 1.97 bits per heavy atom. The Morgan fingerprint density at radius 3 is 2.59 bits per heavy atom. The van der Waals surface area contributed by atoms with Crippen molar-refractivity contribution in [3.05, 3.63) is 59.9 Å². The van der Waals surface area contributed by atoms with E-state index in [0.717, 1.165) is 33.4 Å². The number of amides is 1. The van der Waals surface area contributed by atoms with Crippen molar-refractivity contribution in [3.8, 4) is 11.1 Å². The van der Waals surface area contributed by atoms with Crippen LogP contribution in [-0.2, 0) is 10.0 Å². The first-order valence-corrected chi connectivity index (χ1v) is 11.2. The highest BCUT2D eigenvalue weighted by Crippen LogP contribution is 2.31. The van der Waals surface area contributed by atoms with E-state index < -0.39 is 10.0 Å². The largest absolute Gasteiger partial charge is 0.355 e. The smallest absolute Gasteiger partial charge is 0.251 e. The fourth-order valence-corrected chi connectivity index (χ4v) is 4.36. The van der Waals surface area contributed by atoms with Crippen LogP contribution in [0.25, 0.3) is 27.7 Å². The number of aromatic nitrogens is 2. The molecule has 0 saturated heterocycles. The van der Waals surface area contributed by atoms with E-state index in [1.807, 2.05) is 24.3 Å². The van der Waals surface area contributed by atoms with E-state index in [-0.39, 0.29) is 5.91 Å². The van der Waals surface area contributed by atoms with Gasteiger partial charge in [0.05, 0.1) is 6.26 Å². The third-order valence-corrected chi connectivity index (χ3v) is 6.47. The number of nitrogens with zero attached hydrogens (tertiary/aromatic N) is 2. The lowest BCUT2D eigenvalue weighted by Gasteiger charge is -2.23. The van der Waals surface area contributed by atoms with Gasteiger partial charge in [0.1, 0.15) is 5.65 Å². The number of carbonyl (C=O) groups excluding carboxylic acids is 1. The van der Waals surface area contributed by atoms with Gasteiger partial charge in [0.15, 0.2) is 0 Å². The SMILES string of the molecule is CNC(=O)c1ccc(-c2ccnc3[nH]c(C4=CCN(S(C)(=O)=O)CC4)cc23)cc1. The average molecular weight is 410 g/mol. The predicted octanol–water partition coefficient (Wildman–Crippen LogP) is 2.64. The maximum atomic E-state index is 11.8. The van der Waals surface area contributed by atoms with Crippen molar-refractivity contribution in [3.63, 3.8) is 0 Å². The molecule has 0 spiro atoms. The first-order chi connectivity index (χ1) is 13.9. The van der Waals surface area contributed by atoms with Gasteiger partial charge >= 0.3 is 0 Å². The molecule has 3 aromatic rings. The second-order valence-corrected chi connectivity index (χ2v) is 9.04. The van der Waals surface area contributed by atoms with Crippen molar-refractivity contribution in [2.75, 3.05) is 26.4 Å². The van der Waals surface area contributed by atoms with E-state index in [9.17, 15) is 13.2 Å². The van der Waals surface area contributed by atoms with Gasteiger partial charge in [-0.1, -0.05) is 18.2 Å². The zero-order valence-electron chi connectivity index (χ0n) is 16.3. The van der Waals surface area contributed by atoms with E-state index in [2.05, 4.69) is 21.4 Å². The third kappa shape index (κ3) is 3.81. The number of carbonyl (C=O) groups is 1. The van der Waals surface area contributed by atoms with Crippen LogP contribution < -0.4 is 5.32 Å². The Kier molecular flexibility index (Phi) is 4.97. The Hall–Kier alpha value is -2.97. The Balaban J connectivity index is 1.68. The van der Waals surface area contributed by atoms with Crippen LogP contribution in [0, 0.1) is 0 Å². The van der Waals surface area contributed by atoms with Gasteiger partial charge in [0.2, 0.25) is 10.0 Å². The highest BCUT2D eigenvalue weighted by atomic mass is 32.2. The highest BCUT2D eigenvalue weighted by Gasteiger charge is 2.21. The van der Waals surface area contributed by atoms with E-state index >= 15 is 0 Å². The summed E-state index contributed by atoms with van der Waals surface area (Å²) < 4.78 is 24.9. The van der Waals surface area contributed by atoms with Gasteiger partial charge in [-0.25, -0.2) is 13.4 Å². The Morgan fingerprint density at radius 1 is 1.21 bits per heavy atom. The van der Waals surface area contributed by atoms with Crippen LogP contribution in [0.15, 0.2) is 48.7 Å². The van der Waals surface area contributed by atoms with Crippen LogP contribution >= 0.6 is 0 Å².